The Balaban J connectivity index is 1.59. The number of aromatic nitrogens is 4. The van der Waals surface area contributed by atoms with E-state index in [1.54, 1.807) is 46.5 Å². The summed E-state index contributed by atoms with van der Waals surface area (Å²) in [4.78, 5) is 35.1. The number of benzene rings is 3. The Kier molecular flexibility index (Phi) is 4.94. The molecule has 1 aliphatic rings. The summed E-state index contributed by atoms with van der Waals surface area (Å²) in [6.07, 6.45) is 1.05. The molecule has 0 amide bonds. The maximum atomic E-state index is 14.4. The van der Waals surface area contributed by atoms with Crippen molar-refractivity contribution in [3.63, 3.8) is 0 Å². The molecule has 0 saturated carbocycles. The lowest BCUT2D eigenvalue weighted by Gasteiger charge is -2.06. The number of rotatable bonds is 3. The number of para-hydroxylation sites is 1. The Morgan fingerprint density at radius 3 is 1.81 bits per heavy atom. The van der Waals surface area contributed by atoms with Crippen molar-refractivity contribution in [2.45, 2.75) is 0 Å². The minimum absolute atomic E-state index is 0.0604. The number of imidazole rings is 2. The molecule has 6 rings (SSSR count). The van der Waals surface area contributed by atoms with E-state index in [4.69, 9.17) is 4.98 Å². The van der Waals surface area contributed by atoms with Gasteiger partial charge in [0.25, 0.3) is 0 Å². The van der Waals surface area contributed by atoms with Crippen molar-refractivity contribution in [1.29, 1.82) is 0 Å². The van der Waals surface area contributed by atoms with E-state index in [0.29, 0.717) is 22.8 Å². The van der Waals surface area contributed by atoms with E-state index in [1.807, 2.05) is 30.3 Å². The van der Waals surface area contributed by atoms with Gasteiger partial charge in [0, 0.05) is 18.3 Å². The molecule has 0 atom stereocenters. The van der Waals surface area contributed by atoms with Gasteiger partial charge in [-0.15, -0.1) is 0 Å². The average molecular weight is 502 g/mol. The van der Waals surface area contributed by atoms with Crippen LogP contribution >= 0.6 is 0 Å². The van der Waals surface area contributed by atoms with Gasteiger partial charge in [0.2, 0.25) is 11.6 Å². The van der Waals surface area contributed by atoms with Crippen molar-refractivity contribution in [1.82, 2.24) is 19.1 Å². The van der Waals surface area contributed by atoms with E-state index >= 15 is 0 Å². The number of hydrogen-bond acceptors (Lipinski definition) is 4. The zero-order chi connectivity index (χ0) is 26.0. The Bertz CT molecular complexity index is 1760. The number of allylic oxidation sites excluding steroid dienone is 1. The smallest absolute Gasteiger partial charge is 0.201 e. The van der Waals surface area contributed by atoms with E-state index in [1.165, 1.54) is 0 Å². The molecule has 0 unspecified atom stereocenters. The zero-order valence-electron chi connectivity index (χ0n) is 19.0. The summed E-state index contributed by atoms with van der Waals surface area (Å²) in [6, 6.07) is 18.2. The summed E-state index contributed by atoms with van der Waals surface area (Å²) in [5, 5.41) is 0. The van der Waals surface area contributed by atoms with Crippen molar-refractivity contribution in [3.8, 4) is 17.1 Å². The van der Waals surface area contributed by atoms with Crippen molar-refractivity contribution in [2.75, 3.05) is 0 Å². The highest BCUT2D eigenvalue weighted by Gasteiger charge is 2.42. The second kappa shape index (κ2) is 8.09. The minimum Gasteiger partial charge on any atom is -0.310 e. The van der Waals surface area contributed by atoms with Crippen LogP contribution in [0.4, 0.5) is 17.6 Å². The third-order valence-corrected chi connectivity index (χ3v) is 6.24. The fourth-order valence-corrected chi connectivity index (χ4v) is 4.48. The summed E-state index contributed by atoms with van der Waals surface area (Å²) in [7, 11) is 1.74. The number of Topliss-reactive ketones (excluding diaryl/α,β-unsaturated/α-hetero) is 2. The number of hydrogen-bond donors (Lipinski definition) is 0. The highest BCUT2D eigenvalue weighted by Crippen LogP contribution is 2.35. The van der Waals surface area contributed by atoms with Gasteiger partial charge in [-0.2, -0.15) is 0 Å². The number of halogens is 4. The number of carbonyl (C=O) groups excluding carboxylic acids is 2. The van der Waals surface area contributed by atoms with Gasteiger partial charge in [0.15, 0.2) is 34.6 Å². The standard InChI is InChI=1S/C27H14F4N4O2/c1-34-25(13-8-4-2-5-9-13)33-27-26(34)32-16(35(27)14-10-6-3-7-11-14)12-15-23(36)17-18(24(15)37)20(29)22(31)21(30)19(17)28/h2-12H,1H3. The SMILES string of the molecule is Cn1c(-c2ccccc2)nc2c1nc(C=C1C(=O)c3c(F)c(F)c(F)c(F)c3C1=O)n2-c1ccccc1. The summed E-state index contributed by atoms with van der Waals surface area (Å²) < 4.78 is 59.7. The van der Waals surface area contributed by atoms with Crippen LogP contribution in [0.5, 0.6) is 0 Å². The van der Waals surface area contributed by atoms with Gasteiger partial charge in [0.05, 0.1) is 16.7 Å². The first-order valence-corrected chi connectivity index (χ1v) is 11.0. The van der Waals surface area contributed by atoms with Crippen molar-refractivity contribution in [3.05, 3.63) is 106 Å². The molecule has 0 fully saturated rings. The first-order chi connectivity index (χ1) is 17.8. The predicted molar refractivity (Wildman–Crippen MR) is 126 cm³/mol. The average Bonchev–Trinajstić information content (AvgIpc) is 3.51. The van der Waals surface area contributed by atoms with Crippen LogP contribution in [0.1, 0.15) is 26.5 Å². The quantitative estimate of drug-likeness (QED) is 0.108. The third kappa shape index (κ3) is 3.18. The summed E-state index contributed by atoms with van der Waals surface area (Å²) in [5.74, 6) is -10.0. The maximum absolute atomic E-state index is 14.4. The van der Waals surface area contributed by atoms with Crippen LogP contribution in [-0.2, 0) is 7.05 Å². The minimum atomic E-state index is -2.16. The Hall–Kier alpha value is -4.86. The van der Waals surface area contributed by atoms with Gasteiger partial charge >= 0.3 is 0 Å². The first-order valence-electron chi connectivity index (χ1n) is 11.0. The van der Waals surface area contributed by atoms with Gasteiger partial charge in [0.1, 0.15) is 11.6 Å². The zero-order valence-corrected chi connectivity index (χ0v) is 19.0. The highest BCUT2D eigenvalue weighted by atomic mass is 19.2. The van der Waals surface area contributed by atoms with Crippen LogP contribution in [0.3, 0.4) is 0 Å². The van der Waals surface area contributed by atoms with Crippen molar-refractivity contribution < 1.29 is 27.2 Å². The molecule has 0 spiro atoms. The van der Waals surface area contributed by atoms with E-state index in [2.05, 4.69) is 4.98 Å². The molecule has 1 aliphatic carbocycles. The van der Waals surface area contributed by atoms with E-state index < -0.39 is 51.5 Å². The molecule has 2 aromatic heterocycles. The Morgan fingerprint density at radius 1 is 0.703 bits per heavy atom. The highest BCUT2D eigenvalue weighted by molar-refractivity contribution is 6.41. The molecule has 0 aliphatic heterocycles. The summed E-state index contributed by atoms with van der Waals surface area (Å²) in [6.45, 7) is 0. The predicted octanol–water partition coefficient (Wildman–Crippen LogP) is 5.45. The second-order valence-corrected chi connectivity index (χ2v) is 8.37. The molecule has 0 N–H and O–H groups in total. The normalized spacial score (nSPS) is 13.1. The van der Waals surface area contributed by atoms with Crippen LogP contribution in [0.2, 0.25) is 0 Å². The molecule has 3 aromatic carbocycles. The number of carbonyl (C=O) groups is 2. The molecule has 182 valence electrons. The van der Waals surface area contributed by atoms with Crippen LogP contribution in [0.15, 0.2) is 66.2 Å². The van der Waals surface area contributed by atoms with Gasteiger partial charge in [-0.1, -0.05) is 48.5 Å². The fraction of sp³-hybridized carbons (Fsp3) is 0.0370. The summed E-state index contributed by atoms with van der Waals surface area (Å²) >= 11 is 0. The number of aryl methyl sites for hydroxylation is 1. The number of fused-ring (bicyclic) bond motifs is 2. The molecule has 0 saturated heterocycles. The first kappa shape index (κ1) is 22.6. The lowest BCUT2D eigenvalue weighted by molar-refractivity contribution is 0.0988. The molecule has 5 aromatic rings. The second-order valence-electron chi connectivity index (χ2n) is 8.37. The molecular weight excluding hydrogens is 488 g/mol. The molecular formula is C27H14F4N4O2. The van der Waals surface area contributed by atoms with E-state index in [9.17, 15) is 27.2 Å². The van der Waals surface area contributed by atoms with Crippen LogP contribution in [0.25, 0.3) is 34.4 Å². The molecule has 2 heterocycles. The van der Waals surface area contributed by atoms with Crippen LogP contribution in [-0.4, -0.2) is 30.7 Å². The van der Waals surface area contributed by atoms with Gasteiger partial charge in [-0.3, -0.25) is 14.2 Å². The maximum Gasteiger partial charge on any atom is 0.201 e. The largest absolute Gasteiger partial charge is 0.310 e. The van der Waals surface area contributed by atoms with Crippen molar-refractivity contribution in [2.24, 2.45) is 7.05 Å². The van der Waals surface area contributed by atoms with Gasteiger partial charge < -0.3 is 4.57 Å². The Morgan fingerprint density at radius 2 is 1.24 bits per heavy atom. The molecule has 10 heteroatoms. The molecule has 6 nitrogen and oxygen atoms in total. The molecule has 37 heavy (non-hydrogen) atoms. The fourth-order valence-electron chi connectivity index (χ4n) is 4.48. The molecule has 0 bridgehead atoms. The topological polar surface area (TPSA) is 69.8 Å². The van der Waals surface area contributed by atoms with Gasteiger partial charge in [-0.25, -0.2) is 27.5 Å². The number of ketones is 2. The lowest BCUT2D eigenvalue weighted by atomic mass is 10.1. The Labute approximate surface area is 206 Å². The van der Waals surface area contributed by atoms with Gasteiger partial charge in [-0.05, 0) is 18.2 Å². The molecule has 0 radical (unpaired) electrons. The van der Waals surface area contributed by atoms with Crippen LogP contribution < -0.4 is 0 Å². The van der Waals surface area contributed by atoms with Crippen molar-refractivity contribution >= 4 is 28.9 Å². The van der Waals surface area contributed by atoms with Crippen LogP contribution in [0, 0.1) is 23.3 Å². The third-order valence-electron chi connectivity index (χ3n) is 6.24. The summed E-state index contributed by atoms with van der Waals surface area (Å²) in [5.41, 5.74) is -0.746. The van der Waals surface area contributed by atoms with E-state index in [0.717, 1.165) is 11.6 Å². The number of nitrogens with zero attached hydrogens (tertiary/aromatic N) is 4. The monoisotopic (exact) mass is 502 g/mol. The lowest BCUT2D eigenvalue weighted by Crippen LogP contribution is -2.07. The van der Waals surface area contributed by atoms with E-state index in [-0.39, 0.29) is 5.82 Å².